The van der Waals surface area contributed by atoms with Crippen LogP contribution in [0.2, 0.25) is 0 Å². The predicted octanol–water partition coefficient (Wildman–Crippen LogP) is 3.45. The molecule has 2 fully saturated rings. The highest BCUT2D eigenvalue weighted by molar-refractivity contribution is 6.23. The Balaban J connectivity index is 1.63. The van der Waals surface area contributed by atoms with Gasteiger partial charge in [0.05, 0.1) is 18.5 Å². The molecule has 3 atom stereocenters. The van der Waals surface area contributed by atoms with Crippen molar-refractivity contribution in [2.75, 3.05) is 17.1 Å². The van der Waals surface area contributed by atoms with Gasteiger partial charge in [0.1, 0.15) is 12.0 Å². The van der Waals surface area contributed by atoms with E-state index in [2.05, 4.69) is 0 Å². The molecular formula is C24H20N2O5. The van der Waals surface area contributed by atoms with E-state index in [1.165, 1.54) is 12.0 Å². The van der Waals surface area contributed by atoms with Crippen molar-refractivity contribution in [3.63, 3.8) is 0 Å². The van der Waals surface area contributed by atoms with Gasteiger partial charge in [0.25, 0.3) is 5.91 Å². The summed E-state index contributed by atoms with van der Waals surface area (Å²) in [5, 5.41) is 12.4. The molecule has 0 unspecified atom stereocenters. The van der Waals surface area contributed by atoms with Crippen molar-refractivity contribution < 1.29 is 24.3 Å². The number of amides is 2. The number of fused-ring (bicyclic) bond motifs is 1. The van der Waals surface area contributed by atoms with Crippen LogP contribution in [-0.4, -0.2) is 30.1 Å². The third kappa shape index (κ3) is 2.93. The summed E-state index contributed by atoms with van der Waals surface area (Å²) in [6, 6.07) is 22.4. The molecule has 3 aromatic rings. The Kier molecular flexibility index (Phi) is 4.60. The molecule has 7 heteroatoms. The van der Waals surface area contributed by atoms with Crippen LogP contribution < -0.4 is 14.7 Å². The smallest absolute Gasteiger partial charge is 0.266 e. The molecule has 0 aromatic heterocycles. The van der Waals surface area contributed by atoms with Gasteiger partial charge in [-0.25, -0.2) is 9.96 Å². The van der Waals surface area contributed by atoms with E-state index < -0.39 is 24.0 Å². The van der Waals surface area contributed by atoms with Crippen molar-refractivity contribution in [1.82, 2.24) is 0 Å². The number of hydrogen-bond donors (Lipinski definition) is 1. The number of anilines is 2. The lowest BCUT2D eigenvalue weighted by Gasteiger charge is -2.29. The first-order valence-corrected chi connectivity index (χ1v) is 9.91. The predicted molar refractivity (Wildman–Crippen MR) is 114 cm³/mol. The molecule has 31 heavy (non-hydrogen) atoms. The molecule has 1 N–H and O–H groups in total. The Morgan fingerprint density at radius 3 is 2.13 bits per heavy atom. The summed E-state index contributed by atoms with van der Waals surface area (Å²) >= 11 is 0. The number of nitrogens with zero attached hydrogens (tertiary/aromatic N) is 2. The van der Waals surface area contributed by atoms with E-state index in [4.69, 9.17) is 9.57 Å². The second-order valence-corrected chi connectivity index (χ2v) is 7.40. The van der Waals surface area contributed by atoms with E-state index in [9.17, 15) is 14.7 Å². The number of carbonyl (C=O) groups is 2. The third-order valence-electron chi connectivity index (χ3n) is 5.71. The van der Waals surface area contributed by atoms with Crippen molar-refractivity contribution in [1.29, 1.82) is 0 Å². The number of aromatic hydroxyl groups is 1. The van der Waals surface area contributed by atoms with Crippen molar-refractivity contribution >= 4 is 23.2 Å². The Morgan fingerprint density at radius 2 is 1.48 bits per heavy atom. The number of rotatable bonds is 4. The molecule has 2 aliphatic heterocycles. The first-order chi connectivity index (χ1) is 15.1. The van der Waals surface area contributed by atoms with Crippen LogP contribution in [0.25, 0.3) is 0 Å². The van der Waals surface area contributed by atoms with Crippen LogP contribution in [0, 0.1) is 5.92 Å². The molecular weight excluding hydrogens is 396 g/mol. The molecule has 7 nitrogen and oxygen atoms in total. The zero-order valence-corrected chi connectivity index (χ0v) is 16.7. The topological polar surface area (TPSA) is 79.3 Å². The molecule has 2 heterocycles. The van der Waals surface area contributed by atoms with Crippen molar-refractivity contribution in [3.8, 4) is 11.5 Å². The number of hydroxylamine groups is 1. The fourth-order valence-electron chi connectivity index (χ4n) is 4.30. The number of hydrogen-bond acceptors (Lipinski definition) is 6. The van der Waals surface area contributed by atoms with Crippen LogP contribution in [0.1, 0.15) is 11.6 Å². The average Bonchev–Trinajstić information content (AvgIpc) is 3.31. The summed E-state index contributed by atoms with van der Waals surface area (Å²) in [5.74, 6) is -1.42. The molecule has 2 amide bonds. The maximum atomic E-state index is 13.5. The summed E-state index contributed by atoms with van der Waals surface area (Å²) in [4.78, 5) is 34.0. The number of phenolic OH excluding ortho intramolecular Hbond substituents is 1. The fraction of sp³-hybridized carbons (Fsp3) is 0.167. The molecule has 0 saturated carbocycles. The molecule has 2 aliphatic rings. The number of methoxy groups -OCH3 is 1. The SMILES string of the molecule is COc1cccc([C@H]2[C@H]3C(=O)N(c4ccccc4)C(=O)[C@H]3ON2c2ccccc2)c1O. The van der Waals surface area contributed by atoms with Gasteiger partial charge in [-0.3, -0.25) is 14.4 Å². The van der Waals surface area contributed by atoms with Gasteiger partial charge in [0.2, 0.25) is 5.91 Å². The lowest BCUT2D eigenvalue weighted by Crippen LogP contribution is -2.37. The van der Waals surface area contributed by atoms with E-state index in [-0.39, 0.29) is 17.4 Å². The van der Waals surface area contributed by atoms with Gasteiger partial charge in [-0.15, -0.1) is 0 Å². The zero-order chi connectivity index (χ0) is 21.5. The molecule has 2 saturated heterocycles. The van der Waals surface area contributed by atoms with Gasteiger partial charge in [-0.1, -0.05) is 48.5 Å². The maximum absolute atomic E-state index is 13.5. The second kappa shape index (κ2) is 7.45. The van der Waals surface area contributed by atoms with E-state index in [0.29, 0.717) is 16.9 Å². The van der Waals surface area contributed by atoms with Crippen LogP contribution in [0.15, 0.2) is 78.9 Å². The fourth-order valence-corrected chi connectivity index (χ4v) is 4.30. The van der Waals surface area contributed by atoms with Crippen molar-refractivity contribution in [2.45, 2.75) is 12.1 Å². The third-order valence-corrected chi connectivity index (χ3v) is 5.71. The minimum atomic E-state index is -0.997. The minimum absolute atomic E-state index is 0.0846. The highest BCUT2D eigenvalue weighted by Gasteiger charge is 2.60. The molecule has 0 aliphatic carbocycles. The van der Waals surface area contributed by atoms with Crippen LogP contribution in [0.5, 0.6) is 11.5 Å². The zero-order valence-electron chi connectivity index (χ0n) is 16.7. The van der Waals surface area contributed by atoms with Gasteiger partial charge >= 0.3 is 0 Å². The van der Waals surface area contributed by atoms with Gasteiger partial charge in [-0.2, -0.15) is 0 Å². The Labute approximate surface area is 179 Å². The molecule has 0 spiro atoms. The normalized spacial score (nSPS) is 22.7. The Hall–Kier alpha value is -3.84. The van der Waals surface area contributed by atoms with Crippen LogP contribution in [0.3, 0.4) is 0 Å². The Morgan fingerprint density at radius 1 is 0.839 bits per heavy atom. The summed E-state index contributed by atoms with van der Waals surface area (Å²) in [6.45, 7) is 0. The second-order valence-electron chi connectivity index (χ2n) is 7.40. The number of para-hydroxylation sites is 3. The van der Waals surface area contributed by atoms with E-state index >= 15 is 0 Å². The highest BCUT2D eigenvalue weighted by atomic mass is 16.7. The molecule has 0 radical (unpaired) electrons. The van der Waals surface area contributed by atoms with E-state index in [1.807, 2.05) is 36.4 Å². The minimum Gasteiger partial charge on any atom is -0.504 e. The largest absolute Gasteiger partial charge is 0.504 e. The number of ether oxygens (including phenoxy) is 1. The Bertz CT molecular complexity index is 1140. The highest BCUT2D eigenvalue weighted by Crippen LogP contribution is 2.50. The summed E-state index contributed by atoms with van der Waals surface area (Å²) in [5.41, 5.74) is 1.62. The van der Waals surface area contributed by atoms with Gasteiger partial charge in [0.15, 0.2) is 17.6 Å². The lowest BCUT2D eigenvalue weighted by atomic mass is 9.90. The maximum Gasteiger partial charge on any atom is 0.266 e. The van der Waals surface area contributed by atoms with E-state index in [0.717, 1.165) is 0 Å². The van der Waals surface area contributed by atoms with Crippen LogP contribution >= 0.6 is 0 Å². The first-order valence-electron chi connectivity index (χ1n) is 9.91. The quantitative estimate of drug-likeness (QED) is 0.657. The van der Waals surface area contributed by atoms with E-state index in [1.54, 1.807) is 47.5 Å². The summed E-state index contributed by atoms with van der Waals surface area (Å²) < 4.78 is 5.26. The summed E-state index contributed by atoms with van der Waals surface area (Å²) in [7, 11) is 1.46. The van der Waals surface area contributed by atoms with Crippen LogP contribution in [0.4, 0.5) is 11.4 Å². The van der Waals surface area contributed by atoms with Crippen molar-refractivity contribution in [2.24, 2.45) is 5.92 Å². The standard InChI is InChI=1S/C24H20N2O5/c1-30-18-14-8-13-17(21(18)27)20-19-22(31-26(20)16-11-6-3-7-12-16)24(29)25(23(19)28)15-9-4-2-5-10-15/h2-14,19-20,22,27H,1H3/t19-,20+,22+/m1/s1. The van der Waals surface area contributed by atoms with Gasteiger partial charge < -0.3 is 9.84 Å². The monoisotopic (exact) mass is 416 g/mol. The number of benzene rings is 3. The van der Waals surface area contributed by atoms with Crippen molar-refractivity contribution in [3.05, 3.63) is 84.4 Å². The molecule has 5 rings (SSSR count). The first kappa shape index (κ1) is 19.1. The number of imide groups is 1. The summed E-state index contributed by atoms with van der Waals surface area (Å²) in [6.07, 6.45) is -0.997. The molecule has 3 aromatic carbocycles. The number of phenols is 1. The number of carbonyl (C=O) groups excluding carboxylic acids is 2. The molecule has 0 bridgehead atoms. The van der Waals surface area contributed by atoms with Gasteiger partial charge in [-0.05, 0) is 30.3 Å². The lowest BCUT2D eigenvalue weighted by molar-refractivity contribution is -0.126. The molecule has 156 valence electrons. The van der Waals surface area contributed by atoms with Crippen LogP contribution in [-0.2, 0) is 14.4 Å². The average molecular weight is 416 g/mol. The van der Waals surface area contributed by atoms with Gasteiger partial charge in [0, 0.05) is 5.56 Å².